The van der Waals surface area contributed by atoms with Crippen LogP contribution < -0.4 is 14.8 Å². The molecular formula is C17H15N3O3. The minimum absolute atomic E-state index is 0.297. The lowest BCUT2D eigenvalue weighted by Crippen LogP contribution is -2.13. The average Bonchev–Trinajstić information content (AvgIpc) is 2.61. The number of ether oxygens (including phenoxy) is 2. The zero-order valence-corrected chi connectivity index (χ0v) is 12.7. The standard InChI is InChI=1S/C17H15N3O3/c1-22-13-5-7-14-11(9-13)3-6-15(20-14)17(21)19-12-4-8-16(23-2)18-10-12/h3-10H,1-2H3,(H,19,21). The third kappa shape index (κ3) is 3.21. The summed E-state index contributed by atoms with van der Waals surface area (Å²) in [5.41, 5.74) is 1.64. The van der Waals surface area contributed by atoms with E-state index in [0.29, 0.717) is 17.3 Å². The van der Waals surface area contributed by atoms with E-state index in [9.17, 15) is 4.79 Å². The molecule has 1 amide bonds. The van der Waals surface area contributed by atoms with Gasteiger partial charge in [0.15, 0.2) is 0 Å². The average molecular weight is 309 g/mol. The van der Waals surface area contributed by atoms with E-state index in [-0.39, 0.29) is 5.91 Å². The number of hydrogen-bond donors (Lipinski definition) is 1. The Labute approximate surface area is 133 Å². The first-order chi connectivity index (χ1) is 11.2. The SMILES string of the molecule is COc1ccc2nc(C(=O)Nc3ccc(OC)nc3)ccc2c1. The molecule has 0 spiro atoms. The number of anilines is 1. The molecule has 3 aromatic rings. The van der Waals surface area contributed by atoms with Crippen LogP contribution in [0.2, 0.25) is 0 Å². The van der Waals surface area contributed by atoms with E-state index in [2.05, 4.69) is 15.3 Å². The zero-order chi connectivity index (χ0) is 16.2. The molecular weight excluding hydrogens is 294 g/mol. The molecule has 116 valence electrons. The quantitative estimate of drug-likeness (QED) is 0.802. The second kappa shape index (κ2) is 6.31. The van der Waals surface area contributed by atoms with Crippen molar-refractivity contribution in [3.63, 3.8) is 0 Å². The topological polar surface area (TPSA) is 73.3 Å². The Morgan fingerprint density at radius 1 is 1.04 bits per heavy atom. The van der Waals surface area contributed by atoms with E-state index in [0.717, 1.165) is 16.7 Å². The van der Waals surface area contributed by atoms with Gasteiger partial charge in [-0.25, -0.2) is 9.97 Å². The summed E-state index contributed by atoms with van der Waals surface area (Å²) in [5, 5.41) is 3.66. The van der Waals surface area contributed by atoms with Gasteiger partial charge in [-0.3, -0.25) is 4.79 Å². The monoisotopic (exact) mass is 309 g/mol. The van der Waals surface area contributed by atoms with Crippen molar-refractivity contribution >= 4 is 22.5 Å². The number of fused-ring (bicyclic) bond motifs is 1. The van der Waals surface area contributed by atoms with Crippen LogP contribution in [-0.2, 0) is 0 Å². The van der Waals surface area contributed by atoms with E-state index in [4.69, 9.17) is 9.47 Å². The van der Waals surface area contributed by atoms with Crippen molar-refractivity contribution in [2.75, 3.05) is 19.5 Å². The third-order valence-corrected chi connectivity index (χ3v) is 3.33. The van der Waals surface area contributed by atoms with Crippen molar-refractivity contribution in [2.45, 2.75) is 0 Å². The smallest absolute Gasteiger partial charge is 0.274 e. The van der Waals surface area contributed by atoms with Gasteiger partial charge in [-0.15, -0.1) is 0 Å². The van der Waals surface area contributed by atoms with Crippen LogP contribution in [0, 0.1) is 0 Å². The van der Waals surface area contributed by atoms with Gasteiger partial charge in [0, 0.05) is 11.5 Å². The third-order valence-electron chi connectivity index (χ3n) is 3.33. The van der Waals surface area contributed by atoms with E-state index in [1.165, 1.54) is 13.3 Å². The van der Waals surface area contributed by atoms with Gasteiger partial charge in [-0.1, -0.05) is 6.07 Å². The number of methoxy groups -OCH3 is 2. The van der Waals surface area contributed by atoms with Gasteiger partial charge in [0.05, 0.1) is 31.6 Å². The summed E-state index contributed by atoms with van der Waals surface area (Å²) in [4.78, 5) is 20.7. The number of benzene rings is 1. The fraction of sp³-hybridized carbons (Fsp3) is 0.118. The predicted octanol–water partition coefficient (Wildman–Crippen LogP) is 2.90. The van der Waals surface area contributed by atoms with Gasteiger partial charge in [0.25, 0.3) is 5.91 Å². The zero-order valence-electron chi connectivity index (χ0n) is 12.7. The molecule has 1 N–H and O–H groups in total. The van der Waals surface area contributed by atoms with E-state index in [1.54, 1.807) is 25.3 Å². The summed E-state index contributed by atoms with van der Waals surface area (Å²) in [6, 6.07) is 12.4. The molecule has 0 aliphatic rings. The maximum Gasteiger partial charge on any atom is 0.274 e. The van der Waals surface area contributed by atoms with Crippen molar-refractivity contribution in [3.05, 3.63) is 54.4 Å². The highest BCUT2D eigenvalue weighted by Gasteiger charge is 2.09. The van der Waals surface area contributed by atoms with Crippen LogP contribution in [0.25, 0.3) is 10.9 Å². The molecule has 6 heteroatoms. The molecule has 0 saturated heterocycles. The summed E-state index contributed by atoms with van der Waals surface area (Å²) < 4.78 is 10.2. The predicted molar refractivity (Wildman–Crippen MR) is 87.0 cm³/mol. The molecule has 0 saturated carbocycles. The van der Waals surface area contributed by atoms with Crippen molar-refractivity contribution < 1.29 is 14.3 Å². The first-order valence-corrected chi connectivity index (χ1v) is 6.96. The van der Waals surface area contributed by atoms with Gasteiger partial charge in [0.1, 0.15) is 11.4 Å². The lowest BCUT2D eigenvalue weighted by molar-refractivity contribution is 0.102. The second-order valence-electron chi connectivity index (χ2n) is 4.80. The van der Waals surface area contributed by atoms with E-state index < -0.39 is 0 Å². The number of carbonyl (C=O) groups excluding carboxylic acids is 1. The molecule has 0 aliphatic heterocycles. The highest BCUT2D eigenvalue weighted by atomic mass is 16.5. The Kier molecular flexibility index (Phi) is 4.05. The van der Waals surface area contributed by atoms with Crippen molar-refractivity contribution in [1.82, 2.24) is 9.97 Å². The van der Waals surface area contributed by atoms with E-state index >= 15 is 0 Å². The first-order valence-electron chi connectivity index (χ1n) is 6.96. The van der Waals surface area contributed by atoms with Crippen LogP contribution in [0.15, 0.2) is 48.7 Å². The van der Waals surface area contributed by atoms with Gasteiger partial charge in [-0.2, -0.15) is 0 Å². The molecule has 23 heavy (non-hydrogen) atoms. The van der Waals surface area contributed by atoms with Crippen LogP contribution in [0.3, 0.4) is 0 Å². The normalized spacial score (nSPS) is 10.3. The minimum atomic E-state index is -0.297. The summed E-state index contributed by atoms with van der Waals surface area (Å²) in [6.45, 7) is 0. The Morgan fingerprint density at radius 2 is 1.91 bits per heavy atom. The second-order valence-corrected chi connectivity index (χ2v) is 4.80. The van der Waals surface area contributed by atoms with Crippen molar-refractivity contribution in [1.29, 1.82) is 0 Å². The number of hydrogen-bond acceptors (Lipinski definition) is 5. The Balaban J connectivity index is 1.82. The summed E-state index contributed by atoms with van der Waals surface area (Å²) >= 11 is 0. The van der Waals surface area contributed by atoms with Crippen LogP contribution in [0.4, 0.5) is 5.69 Å². The molecule has 2 aromatic heterocycles. The van der Waals surface area contributed by atoms with Crippen molar-refractivity contribution in [3.8, 4) is 11.6 Å². The van der Waals surface area contributed by atoms with Crippen LogP contribution >= 0.6 is 0 Å². The number of aromatic nitrogens is 2. The molecule has 6 nitrogen and oxygen atoms in total. The largest absolute Gasteiger partial charge is 0.497 e. The fourth-order valence-electron chi connectivity index (χ4n) is 2.13. The molecule has 0 unspecified atom stereocenters. The van der Waals surface area contributed by atoms with Gasteiger partial charge >= 0.3 is 0 Å². The van der Waals surface area contributed by atoms with Gasteiger partial charge in [-0.05, 0) is 30.3 Å². The Bertz CT molecular complexity index is 847. The molecule has 0 atom stereocenters. The lowest BCUT2D eigenvalue weighted by atomic mass is 10.2. The number of rotatable bonds is 4. The molecule has 0 aliphatic carbocycles. The first kappa shape index (κ1) is 14.8. The Hall–Kier alpha value is -3.15. The highest BCUT2D eigenvalue weighted by Crippen LogP contribution is 2.20. The van der Waals surface area contributed by atoms with Gasteiger partial charge < -0.3 is 14.8 Å². The number of amides is 1. The fourth-order valence-corrected chi connectivity index (χ4v) is 2.13. The minimum Gasteiger partial charge on any atom is -0.497 e. The van der Waals surface area contributed by atoms with Gasteiger partial charge in [0.2, 0.25) is 5.88 Å². The molecule has 0 bridgehead atoms. The number of carbonyl (C=O) groups is 1. The summed E-state index contributed by atoms with van der Waals surface area (Å²) in [6.07, 6.45) is 1.53. The van der Waals surface area contributed by atoms with E-state index in [1.807, 2.05) is 24.3 Å². The highest BCUT2D eigenvalue weighted by molar-refractivity contribution is 6.04. The molecule has 2 heterocycles. The maximum atomic E-state index is 12.3. The molecule has 0 fully saturated rings. The molecule has 0 radical (unpaired) electrons. The number of nitrogens with zero attached hydrogens (tertiary/aromatic N) is 2. The maximum absolute atomic E-state index is 12.3. The summed E-state index contributed by atoms with van der Waals surface area (Å²) in [7, 11) is 3.15. The van der Waals surface area contributed by atoms with Crippen LogP contribution in [0.1, 0.15) is 10.5 Å². The Morgan fingerprint density at radius 3 is 2.61 bits per heavy atom. The summed E-state index contributed by atoms with van der Waals surface area (Å²) in [5.74, 6) is 0.941. The van der Waals surface area contributed by atoms with Crippen LogP contribution in [0.5, 0.6) is 11.6 Å². The molecule has 1 aromatic carbocycles. The van der Waals surface area contributed by atoms with Crippen LogP contribution in [-0.4, -0.2) is 30.1 Å². The number of pyridine rings is 2. The lowest BCUT2D eigenvalue weighted by Gasteiger charge is -2.07. The molecule has 3 rings (SSSR count). The number of nitrogens with one attached hydrogen (secondary N) is 1. The van der Waals surface area contributed by atoms with Crippen molar-refractivity contribution in [2.24, 2.45) is 0 Å².